The molecule has 1 amide bonds. The van der Waals surface area contributed by atoms with Crippen LogP contribution in [0.15, 0.2) is 24.3 Å². The maximum Gasteiger partial charge on any atom is 0.244 e. The maximum absolute atomic E-state index is 13.0. The molecule has 1 N–H and O–H groups in total. The smallest absolute Gasteiger partial charge is 0.244 e. The summed E-state index contributed by atoms with van der Waals surface area (Å²) in [5, 5.41) is 3.05. The number of nitrogens with zero attached hydrogens (tertiary/aromatic N) is 1. The van der Waals surface area contributed by atoms with Crippen LogP contribution in [0, 0.1) is 12.3 Å². The minimum atomic E-state index is -3.61. The molecule has 6 heteroatoms. The number of nitrogens with one attached hydrogen (secondary N) is 1. The average molecular weight is 383 g/mol. The van der Waals surface area contributed by atoms with Crippen molar-refractivity contribution in [3.63, 3.8) is 0 Å². The molecule has 0 aliphatic rings. The number of anilines is 1. The summed E-state index contributed by atoms with van der Waals surface area (Å²) in [5.74, 6) is -0.271. The lowest BCUT2D eigenvalue weighted by Crippen LogP contribution is -2.55. The fourth-order valence-corrected chi connectivity index (χ4v) is 4.75. The summed E-state index contributed by atoms with van der Waals surface area (Å²) < 4.78 is 26.2. The number of sulfonamides is 1. The van der Waals surface area contributed by atoms with Crippen LogP contribution in [0.3, 0.4) is 0 Å². The van der Waals surface area contributed by atoms with Crippen LogP contribution in [0.1, 0.15) is 59.9 Å². The van der Waals surface area contributed by atoms with Crippen LogP contribution >= 0.6 is 0 Å². The molecule has 0 unspecified atom stereocenters. The van der Waals surface area contributed by atoms with Gasteiger partial charge in [-0.2, -0.15) is 0 Å². The summed E-state index contributed by atoms with van der Waals surface area (Å²) in [6, 6.07) is 6.40. The monoisotopic (exact) mass is 382 g/mol. The standard InChI is InChI=1S/C20H34N2O3S/c1-9-17(18(23)21-20(6,7)14-19(3,4)5)22(26(8,24)25)16-12-10-15(2)11-13-16/h10-13,17H,9,14H2,1-8H3,(H,21,23)/t17-/m0/s1. The molecule has 26 heavy (non-hydrogen) atoms. The number of hydrogen-bond donors (Lipinski definition) is 1. The van der Waals surface area contributed by atoms with E-state index in [2.05, 4.69) is 26.1 Å². The first-order valence-electron chi connectivity index (χ1n) is 9.04. The molecule has 0 fully saturated rings. The van der Waals surface area contributed by atoms with E-state index in [0.717, 1.165) is 18.2 Å². The molecule has 1 atom stereocenters. The van der Waals surface area contributed by atoms with E-state index in [0.29, 0.717) is 12.1 Å². The number of carbonyl (C=O) groups excluding carboxylic acids is 1. The molecular weight excluding hydrogens is 348 g/mol. The Morgan fingerprint density at radius 3 is 2.00 bits per heavy atom. The van der Waals surface area contributed by atoms with Crippen LogP contribution in [0.4, 0.5) is 5.69 Å². The highest BCUT2D eigenvalue weighted by atomic mass is 32.2. The summed E-state index contributed by atoms with van der Waals surface area (Å²) in [6.45, 7) is 14.1. The van der Waals surface area contributed by atoms with Gasteiger partial charge >= 0.3 is 0 Å². The van der Waals surface area contributed by atoms with Gasteiger partial charge in [0.1, 0.15) is 6.04 Å². The van der Waals surface area contributed by atoms with Crippen molar-refractivity contribution in [2.75, 3.05) is 10.6 Å². The van der Waals surface area contributed by atoms with Crippen molar-refractivity contribution in [1.29, 1.82) is 0 Å². The third-order valence-corrected chi connectivity index (χ3v) is 5.23. The molecule has 148 valence electrons. The molecule has 0 heterocycles. The van der Waals surface area contributed by atoms with Crippen LogP contribution in [-0.2, 0) is 14.8 Å². The second-order valence-corrected chi connectivity index (χ2v) is 10.8. The predicted octanol–water partition coefficient (Wildman–Crippen LogP) is 3.87. The number of benzene rings is 1. The van der Waals surface area contributed by atoms with E-state index in [-0.39, 0.29) is 11.3 Å². The predicted molar refractivity (Wildman–Crippen MR) is 109 cm³/mol. The zero-order chi connectivity index (χ0) is 20.3. The first kappa shape index (κ1) is 22.5. The van der Waals surface area contributed by atoms with Crippen molar-refractivity contribution < 1.29 is 13.2 Å². The van der Waals surface area contributed by atoms with E-state index in [1.165, 1.54) is 4.31 Å². The molecule has 0 aliphatic carbocycles. The first-order valence-corrected chi connectivity index (χ1v) is 10.9. The van der Waals surface area contributed by atoms with Gasteiger partial charge in [-0.1, -0.05) is 45.4 Å². The fourth-order valence-electron chi connectivity index (χ4n) is 3.54. The van der Waals surface area contributed by atoms with Gasteiger partial charge in [0.25, 0.3) is 0 Å². The molecule has 0 aliphatic heterocycles. The number of aryl methyl sites for hydroxylation is 1. The van der Waals surface area contributed by atoms with Gasteiger partial charge in [0.15, 0.2) is 0 Å². The number of hydrogen-bond acceptors (Lipinski definition) is 3. The van der Waals surface area contributed by atoms with Crippen molar-refractivity contribution in [2.24, 2.45) is 5.41 Å². The van der Waals surface area contributed by atoms with Crippen LogP contribution in [-0.4, -0.2) is 32.2 Å². The number of rotatable bonds is 7. The molecule has 0 aromatic heterocycles. The third-order valence-electron chi connectivity index (χ3n) is 4.05. The molecule has 1 aromatic rings. The largest absolute Gasteiger partial charge is 0.349 e. The molecule has 0 radical (unpaired) electrons. The Morgan fingerprint density at radius 1 is 1.12 bits per heavy atom. The van der Waals surface area contributed by atoms with E-state index in [4.69, 9.17) is 0 Å². The van der Waals surface area contributed by atoms with Crippen molar-refractivity contribution >= 4 is 21.6 Å². The number of amides is 1. The quantitative estimate of drug-likeness (QED) is 0.778. The van der Waals surface area contributed by atoms with Gasteiger partial charge in [-0.3, -0.25) is 9.10 Å². The van der Waals surface area contributed by atoms with Crippen LogP contribution in [0.25, 0.3) is 0 Å². The molecule has 1 aromatic carbocycles. The highest BCUT2D eigenvalue weighted by molar-refractivity contribution is 7.92. The lowest BCUT2D eigenvalue weighted by molar-refractivity contribution is -0.124. The van der Waals surface area contributed by atoms with Gasteiger partial charge in [-0.25, -0.2) is 8.42 Å². The molecule has 5 nitrogen and oxygen atoms in total. The third kappa shape index (κ3) is 6.63. The fraction of sp³-hybridized carbons (Fsp3) is 0.650. The van der Waals surface area contributed by atoms with Gasteiger partial charge in [0.05, 0.1) is 11.9 Å². The normalized spacial score (nSPS) is 14.0. The van der Waals surface area contributed by atoms with Crippen molar-refractivity contribution in [3.8, 4) is 0 Å². The van der Waals surface area contributed by atoms with Gasteiger partial charge < -0.3 is 5.32 Å². The Hall–Kier alpha value is -1.56. The Labute approximate surface area is 159 Å². The van der Waals surface area contributed by atoms with E-state index in [9.17, 15) is 13.2 Å². The Balaban J connectivity index is 3.18. The van der Waals surface area contributed by atoms with E-state index in [1.807, 2.05) is 39.8 Å². The maximum atomic E-state index is 13.0. The van der Waals surface area contributed by atoms with E-state index in [1.54, 1.807) is 12.1 Å². The zero-order valence-electron chi connectivity index (χ0n) is 17.4. The molecule has 0 bridgehead atoms. The summed E-state index contributed by atoms with van der Waals surface area (Å²) >= 11 is 0. The molecular formula is C20H34N2O3S. The summed E-state index contributed by atoms with van der Waals surface area (Å²) in [6.07, 6.45) is 2.31. The first-order chi connectivity index (χ1) is 11.7. The topological polar surface area (TPSA) is 66.5 Å². The summed E-state index contributed by atoms with van der Waals surface area (Å²) in [5.41, 5.74) is 1.16. The SMILES string of the molecule is CC[C@@H](C(=O)NC(C)(C)CC(C)(C)C)N(c1ccc(C)cc1)S(C)(=O)=O. The lowest BCUT2D eigenvalue weighted by atomic mass is 9.81. The van der Waals surface area contributed by atoms with Crippen molar-refractivity contribution in [1.82, 2.24) is 5.32 Å². The second kappa shape index (κ2) is 7.99. The van der Waals surface area contributed by atoms with Gasteiger partial charge in [0.2, 0.25) is 15.9 Å². The lowest BCUT2D eigenvalue weighted by Gasteiger charge is -2.37. The van der Waals surface area contributed by atoms with Gasteiger partial charge in [-0.05, 0) is 51.2 Å². The van der Waals surface area contributed by atoms with E-state index >= 15 is 0 Å². The van der Waals surface area contributed by atoms with Crippen LogP contribution in [0.5, 0.6) is 0 Å². The molecule has 0 saturated carbocycles. The van der Waals surface area contributed by atoms with Gasteiger partial charge in [0, 0.05) is 5.54 Å². The average Bonchev–Trinajstić information content (AvgIpc) is 2.41. The highest BCUT2D eigenvalue weighted by Crippen LogP contribution is 2.28. The zero-order valence-corrected chi connectivity index (χ0v) is 18.2. The minimum Gasteiger partial charge on any atom is -0.349 e. The second-order valence-electron chi connectivity index (χ2n) is 8.93. The van der Waals surface area contributed by atoms with Crippen molar-refractivity contribution in [3.05, 3.63) is 29.8 Å². The van der Waals surface area contributed by atoms with Crippen LogP contribution < -0.4 is 9.62 Å². The van der Waals surface area contributed by atoms with Crippen molar-refractivity contribution in [2.45, 2.75) is 72.9 Å². The van der Waals surface area contributed by atoms with Gasteiger partial charge in [-0.15, -0.1) is 0 Å². The Bertz CT molecular complexity index is 716. The molecule has 0 spiro atoms. The highest BCUT2D eigenvalue weighted by Gasteiger charge is 2.35. The van der Waals surface area contributed by atoms with E-state index < -0.39 is 21.6 Å². The summed E-state index contributed by atoms with van der Waals surface area (Å²) in [7, 11) is -3.61. The minimum absolute atomic E-state index is 0.0476. The Morgan fingerprint density at radius 2 is 1.62 bits per heavy atom. The number of carbonyl (C=O) groups is 1. The van der Waals surface area contributed by atoms with Crippen LogP contribution in [0.2, 0.25) is 0 Å². The summed E-state index contributed by atoms with van der Waals surface area (Å²) in [4.78, 5) is 13.0. The Kier molecular flexibility index (Phi) is 6.91. The molecule has 1 rings (SSSR count). The molecule has 0 saturated heterocycles.